The molecule has 3 fully saturated rings. The molecular weight excluding hydrogens is 1080 g/mol. The molecular formula is C65H60F4N16. The highest BCUT2D eigenvalue weighted by Gasteiger charge is 2.23. The van der Waals surface area contributed by atoms with Crippen LogP contribution in [0.1, 0.15) is 84.9 Å². The Morgan fingerprint density at radius 3 is 1.09 bits per heavy atom. The Balaban J connectivity index is 0.000000119. The zero-order chi connectivity index (χ0) is 58.5. The van der Waals surface area contributed by atoms with Gasteiger partial charge in [-0.25, -0.2) is 47.5 Å². The van der Waals surface area contributed by atoms with Crippen molar-refractivity contribution in [2.45, 2.75) is 63.2 Å². The number of rotatable bonds is 6. The van der Waals surface area contributed by atoms with Crippen molar-refractivity contribution >= 4 is 65.4 Å². The summed E-state index contributed by atoms with van der Waals surface area (Å²) in [5, 5.41) is 37.0. The Morgan fingerprint density at radius 2 is 0.706 bits per heavy atom. The maximum absolute atomic E-state index is 15.0. The molecule has 0 radical (unpaired) electrons. The molecule has 3 N–H and O–H groups in total. The number of fused-ring (bicyclic) bond motifs is 6. The topological polar surface area (TPSA) is 191 Å². The van der Waals surface area contributed by atoms with E-state index in [-0.39, 0.29) is 23.5 Å². The molecule has 15 rings (SSSR count). The number of benzene rings is 6. The van der Waals surface area contributed by atoms with Crippen LogP contribution in [0.2, 0.25) is 0 Å². The normalized spacial score (nSPS) is 15.4. The number of nitrogens with zero attached hydrogens (tertiary/aromatic N) is 13. The quantitative estimate of drug-likeness (QED) is 0.133. The van der Waals surface area contributed by atoms with E-state index in [1.54, 1.807) is 58.0 Å². The Bertz CT molecular complexity index is 4400. The van der Waals surface area contributed by atoms with Gasteiger partial charge in [-0.2, -0.15) is 20.6 Å². The van der Waals surface area contributed by atoms with Gasteiger partial charge in [0, 0.05) is 108 Å². The highest BCUT2D eigenvalue weighted by Crippen LogP contribution is 2.36. The van der Waals surface area contributed by atoms with Gasteiger partial charge in [0.15, 0.2) is 5.82 Å². The molecule has 3 aliphatic heterocycles. The molecule has 16 nitrogen and oxygen atoms in total. The van der Waals surface area contributed by atoms with E-state index < -0.39 is 11.6 Å². The van der Waals surface area contributed by atoms with Crippen molar-refractivity contribution in [3.63, 3.8) is 0 Å². The summed E-state index contributed by atoms with van der Waals surface area (Å²) in [6, 6.07) is 23.3. The van der Waals surface area contributed by atoms with Crippen molar-refractivity contribution in [1.29, 1.82) is 5.26 Å². The van der Waals surface area contributed by atoms with E-state index in [4.69, 9.17) is 0 Å². The van der Waals surface area contributed by atoms with Gasteiger partial charge < -0.3 is 16.0 Å². The van der Waals surface area contributed by atoms with E-state index in [0.717, 1.165) is 128 Å². The number of aromatic nitrogens is 12. The molecule has 0 saturated carbocycles. The molecule has 428 valence electrons. The average molecular weight is 1140 g/mol. The van der Waals surface area contributed by atoms with Crippen molar-refractivity contribution in [3.8, 4) is 39.4 Å². The Morgan fingerprint density at radius 1 is 0.400 bits per heavy atom. The van der Waals surface area contributed by atoms with Crippen LogP contribution in [0.4, 0.5) is 17.6 Å². The van der Waals surface area contributed by atoms with Crippen molar-refractivity contribution in [2.75, 3.05) is 39.3 Å². The summed E-state index contributed by atoms with van der Waals surface area (Å²) < 4.78 is 64.3. The Kier molecular flexibility index (Phi) is 15.0. The van der Waals surface area contributed by atoms with E-state index >= 15 is 0 Å². The molecule has 3 aliphatic rings. The fraction of sp³-hybridized carbons (Fsp3) is 0.292. The monoisotopic (exact) mass is 1140 g/mol. The third-order valence-electron chi connectivity index (χ3n) is 16.5. The number of hydrogen-bond donors (Lipinski definition) is 3. The van der Waals surface area contributed by atoms with Crippen LogP contribution in [-0.4, -0.2) is 98.5 Å². The van der Waals surface area contributed by atoms with E-state index in [0.29, 0.717) is 83.6 Å². The molecule has 6 aromatic heterocycles. The summed E-state index contributed by atoms with van der Waals surface area (Å²) in [6.07, 6.45) is 16.6. The molecule has 0 atom stereocenters. The lowest BCUT2D eigenvalue weighted by atomic mass is 9.96. The molecule has 0 amide bonds. The minimum atomic E-state index is -0.425. The third-order valence-corrected chi connectivity index (χ3v) is 16.5. The summed E-state index contributed by atoms with van der Waals surface area (Å²) in [5.74, 6) is 1.49. The second-order valence-electron chi connectivity index (χ2n) is 22.6. The van der Waals surface area contributed by atoms with Crippen LogP contribution in [0.15, 0.2) is 110 Å². The zero-order valence-corrected chi connectivity index (χ0v) is 47.4. The van der Waals surface area contributed by atoms with Crippen LogP contribution in [0.5, 0.6) is 0 Å². The second kappa shape index (κ2) is 23.1. The lowest BCUT2D eigenvalue weighted by Gasteiger charge is -2.21. The van der Waals surface area contributed by atoms with Crippen LogP contribution in [-0.2, 0) is 21.1 Å². The molecule has 6 aromatic carbocycles. The maximum Gasteiger partial charge on any atom is 0.151 e. The predicted molar refractivity (Wildman–Crippen MR) is 322 cm³/mol. The Hall–Kier alpha value is -9.16. The predicted octanol–water partition coefficient (Wildman–Crippen LogP) is 11.7. The summed E-state index contributed by atoms with van der Waals surface area (Å²) >= 11 is 0. The minimum absolute atomic E-state index is 0.256. The molecule has 0 bridgehead atoms. The molecule has 0 aliphatic carbocycles. The first-order valence-electron chi connectivity index (χ1n) is 28.8. The first kappa shape index (κ1) is 55.1. The smallest absolute Gasteiger partial charge is 0.151 e. The molecule has 20 heteroatoms. The third kappa shape index (κ3) is 11.3. The van der Waals surface area contributed by atoms with Gasteiger partial charge in [-0.3, -0.25) is 14.0 Å². The summed E-state index contributed by atoms with van der Waals surface area (Å²) in [4.78, 5) is 27.2. The molecule has 12 aromatic rings. The van der Waals surface area contributed by atoms with Crippen molar-refractivity contribution in [3.05, 3.63) is 162 Å². The van der Waals surface area contributed by atoms with Crippen LogP contribution >= 0.6 is 0 Å². The standard InChI is InChI=1S/C22H19FN6.C22H22FN5.C21H19F2N5/c1-29-12-18-8-14(6-16(10-24)20(18)28-29)15-7-17-11-26-22(13-2-4-25-5-3-13)27-21(17)19(23)9-15;1-13-7-15(9-18-12-28(2)27-20(13)18)16-8-17-11-25-22(14-3-5-24-6-4-14)26-21(17)19(23)10-16;1-28-11-16-7-14(9-18(23)20(16)27-28)13-6-15-10-25-21(12-2-4-24-5-3-12)26-19(15)17(22)8-13/h6-9,11-13,25H,2-5H2,1H3;7-12,14,24H,3-6H2,1-2H3;6-12,24H,2-5H2,1H3. The number of halogens is 4. The van der Waals surface area contributed by atoms with Crippen LogP contribution in [0.25, 0.3) is 98.8 Å². The fourth-order valence-electron chi connectivity index (χ4n) is 12.2. The van der Waals surface area contributed by atoms with E-state index in [1.165, 1.54) is 18.2 Å². The van der Waals surface area contributed by atoms with E-state index in [2.05, 4.69) is 79.4 Å². The number of piperidine rings is 3. The first-order chi connectivity index (χ1) is 41.3. The number of hydrogen-bond acceptors (Lipinski definition) is 13. The van der Waals surface area contributed by atoms with Crippen LogP contribution < -0.4 is 16.0 Å². The molecule has 0 unspecified atom stereocenters. The lowest BCUT2D eigenvalue weighted by Crippen LogP contribution is -2.27. The number of nitriles is 1. The average Bonchev–Trinajstić information content (AvgIpc) is 4.41. The van der Waals surface area contributed by atoms with Gasteiger partial charge >= 0.3 is 0 Å². The highest BCUT2D eigenvalue weighted by molar-refractivity contribution is 5.93. The summed E-state index contributed by atoms with van der Waals surface area (Å²) in [6.45, 7) is 7.68. The molecule has 85 heavy (non-hydrogen) atoms. The van der Waals surface area contributed by atoms with Gasteiger partial charge in [-0.05, 0) is 196 Å². The summed E-state index contributed by atoms with van der Waals surface area (Å²) in [5.41, 5.74) is 9.00. The van der Waals surface area contributed by atoms with Crippen molar-refractivity contribution < 1.29 is 17.6 Å². The maximum atomic E-state index is 15.0. The van der Waals surface area contributed by atoms with Gasteiger partial charge in [-0.1, -0.05) is 0 Å². The highest BCUT2D eigenvalue weighted by atomic mass is 19.1. The Labute approximate surface area is 486 Å². The van der Waals surface area contributed by atoms with E-state index in [1.807, 2.05) is 63.7 Å². The van der Waals surface area contributed by atoms with Crippen LogP contribution in [0, 0.1) is 41.5 Å². The van der Waals surface area contributed by atoms with Gasteiger partial charge in [0.2, 0.25) is 0 Å². The molecule has 0 spiro atoms. The van der Waals surface area contributed by atoms with Gasteiger partial charge in [0.05, 0.1) is 11.1 Å². The van der Waals surface area contributed by atoms with Crippen LogP contribution in [0.3, 0.4) is 0 Å². The molecule has 9 heterocycles. The summed E-state index contributed by atoms with van der Waals surface area (Å²) in [7, 11) is 5.46. The van der Waals surface area contributed by atoms with Gasteiger partial charge in [-0.15, -0.1) is 0 Å². The SMILES string of the molecule is Cc1cc(-c2cc(F)c3nc(C4CCNCC4)ncc3c2)cc2cn(C)nc12.Cn1cc2cc(-c3cc(F)c4nc(C5CCNCC5)ncc4c3)cc(C#N)c2n1.Cn1cc2cc(-c3cc(F)c4nc(C5CCNCC5)ncc4c3)cc(F)c2n1. The van der Waals surface area contributed by atoms with Crippen molar-refractivity contribution in [1.82, 2.24) is 75.2 Å². The zero-order valence-electron chi connectivity index (χ0n) is 47.4. The number of aryl methyl sites for hydroxylation is 4. The van der Waals surface area contributed by atoms with Gasteiger partial charge in [0.1, 0.15) is 68.6 Å². The fourth-order valence-corrected chi connectivity index (χ4v) is 12.2. The number of nitrogens with one attached hydrogen (secondary N) is 3. The van der Waals surface area contributed by atoms with Crippen molar-refractivity contribution in [2.24, 2.45) is 21.1 Å². The first-order valence-corrected chi connectivity index (χ1v) is 28.8. The second-order valence-corrected chi connectivity index (χ2v) is 22.6. The molecule has 3 saturated heterocycles. The van der Waals surface area contributed by atoms with E-state index in [9.17, 15) is 22.8 Å². The largest absolute Gasteiger partial charge is 0.317 e. The van der Waals surface area contributed by atoms with Gasteiger partial charge in [0.25, 0.3) is 0 Å². The lowest BCUT2D eigenvalue weighted by molar-refractivity contribution is 0.445. The minimum Gasteiger partial charge on any atom is -0.317 e.